The van der Waals surface area contributed by atoms with Gasteiger partial charge in [-0.2, -0.15) is 0 Å². The molecule has 0 amide bonds. The first-order valence-corrected chi connectivity index (χ1v) is 10.9. The van der Waals surface area contributed by atoms with Crippen LogP contribution in [0, 0.1) is 0 Å². The minimum atomic E-state index is -3.84. The molecule has 10 nitrogen and oxygen atoms in total. The molecule has 0 aliphatic heterocycles. The molecule has 3 N–H and O–H groups in total. The van der Waals surface area contributed by atoms with Gasteiger partial charge in [0, 0.05) is 30.3 Å². The minimum Gasteiger partial charge on any atom is -0.497 e. The van der Waals surface area contributed by atoms with Gasteiger partial charge in [-0.1, -0.05) is 12.1 Å². The normalized spacial score (nSPS) is 11.2. The molecule has 0 radical (unpaired) electrons. The van der Waals surface area contributed by atoms with Crippen molar-refractivity contribution in [2.45, 2.75) is 12.8 Å². The number of ether oxygens (including phenoxy) is 2. The molecule has 3 rings (SSSR count). The number of carboxylic acids is 1. The molecule has 0 fully saturated rings. The average molecular weight is 446 g/mol. The lowest BCUT2D eigenvalue weighted by Gasteiger charge is -2.15. The van der Waals surface area contributed by atoms with E-state index in [0.717, 1.165) is 0 Å². The van der Waals surface area contributed by atoms with Crippen molar-refractivity contribution >= 4 is 44.3 Å². The predicted molar refractivity (Wildman–Crippen MR) is 117 cm³/mol. The zero-order valence-electron chi connectivity index (χ0n) is 17.0. The highest BCUT2D eigenvalue weighted by Gasteiger charge is 2.18. The molecular weight excluding hydrogens is 424 g/mol. The first-order chi connectivity index (χ1) is 14.8. The summed E-state index contributed by atoms with van der Waals surface area (Å²) in [6.07, 6.45) is -0.277. The fraction of sp³-hybridized carbons (Fsp3) is 0.250. The summed E-state index contributed by atoms with van der Waals surface area (Å²) >= 11 is 0. The molecule has 1 heterocycles. The van der Waals surface area contributed by atoms with Crippen LogP contribution in [0.25, 0.3) is 11.0 Å². The molecule has 1 aromatic heterocycles. The molecule has 0 aliphatic rings. The fourth-order valence-corrected chi connectivity index (χ4v) is 3.85. The van der Waals surface area contributed by atoms with E-state index < -0.39 is 16.0 Å². The number of methoxy groups -OCH3 is 2. The van der Waals surface area contributed by atoms with Crippen molar-refractivity contribution in [3.05, 3.63) is 42.5 Å². The van der Waals surface area contributed by atoms with Crippen LogP contribution in [-0.4, -0.2) is 49.4 Å². The Morgan fingerprint density at radius 2 is 1.58 bits per heavy atom. The number of aromatic nitrogens is 2. The number of nitrogens with zero attached hydrogens (tertiary/aromatic N) is 2. The van der Waals surface area contributed by atoms with Gasteiger partial charge in [0.1, 0.15) is 11.5 Å². The van der Waals surface area contributed by atoms with Crippen LogP contribution in [0.1, 0.15) is 12.8 Å². The van der Waals surface area contributed by atoms with E-state index >= 15 is 0 Å². The maximum absolute atomic E-state index is 12.5. The number of hydrogen-bond donors (Lipinski definition) is 3. The van der Waals surface area contributed by atoms with Crippen LogP contribution in [0.2, 0.25) is 0 Å². The van der Waals surface area contributed by atoms with Crippen molar-refractivity contribution in [3.8, 4) is 11.5 Å². The van der Waals surface area contributed by atoms with Crippen LogP contribution in [0.5, 0.6) is 11.5 Å². The van der Waals surface area contributed by atoms with E-state index in [1.807, 2.05) is 0 Å². The smallest absolute Gasteiger partial charge is 0.303 e. The lowest BCUT2D eigenvalue weighted by Crippen LogP contribution is -2.19. The minimum absolute atomic E-state index is 0.00388. The van der Waals surface area contributed by atoms with E-state index in [-0.39, 0.29) is 30.2 Å². The van der Waals surface area contributed by atoms with Crippen LogP contribution in [0.15, 0.2) is 42.5 Å². The second kappa shape index (κ2) is 9.47. The van der Waals surface area contributed by atoms with Gasteiger partial charge in [0.05, 0.1) is 31.0 Å². The number of nitrogens with one attached hydrogen (secondary N) is 2. The number of benzene rings is 2. The molecule has 0 spiro atoms. The van der Waals surface area contributed by atoms with Crippen LogP contribution < -0.4 is 19.5 Å². The lowest BCUT2D eigenvalue weighted by molar-refractivity contribution is -0.137. The summed E-state index contributed by atoms with van der Waals surface area (Å²) in [6.45, 7) is 0. The molecule has 0 bridgehead atoms. The first-order valence-electron chi connectivity index (χ1n) is 9.29. The number of para-hydroxylation sites is 2. The van der Waals surface area contributed by atoms with Crippen molar-refractivity contribution in [2.75, 3.05) is 30.0 Å². The number of anilines is 3. The first kappa shape index (κ1) is 22.1. The van der Waals surface area contributed by atoms with Crippen molar-refractivity contribution in [2.24, 2.45) is 0 Å². The van der Waals surface area contributed by atoms with Crippen LogP contribution in [0.3, 0.4) is 0 Å². The molecule has 0 unspecified atom stereocenters. The van der Waals surface area contributed by atoms with Crippen LogP contribution >= 0.6 is 0 Å². The number of fused-ring (bicyclic) bond motifs is 1. The highest BCUT2D eigenvalue weighted by atomic mass is 32.2. The van der Waals surface area contributed by atoms with E-state index in [2.05, 4.69) is 20.0 Å². The molecule has 0 atom stereocenters. The Morgan fingerprint density at radius 3 is 2.13 bits per heavy atom. The topological polar surface area (TPSA) is 140 Å². The SMILES string of the molecule is COc1cc(Nc2nc3ccccc3nc2NS(=O)(=O)CCCC(=O)O)cc(OC)c1. The Hall–Kier alpha value is -3.60. The monoisotopic (exact) mass is 446 g/mol. The Bertz CT molecular complexity index is 1180. The second-order valence-electron chi connectivity index (χ2n) is 6.55. The summed E-state index contributed by atoms with van der Waals surface area (Å²) in [7, 11) is -0.807. The van der Waals surface area contributed by atoms with Gasteiger partial charge in [0.2, 0.25) is 10.0 Å². The van der Waals surface area contributed by atoms with Gasteiger partial charge < -0.3 is 19.9 Å². The maximum Gasteiger partial charge on any atom is 0.303 e. The fourth-order valence-electron chi connectivity index (χ4n) is 2.79. The zero-order chi connectivity index (χ0) is 22.4. The summed E-state index contributed by atoms with van der Waals surface area (Å²) in [5.41, 5.74) is 1.61. The Balaban J connectivity index is 1.97. The Kier molecular flexibility index (Phi) is 6.75. The summed E-state index contributed by atoms with van der Waals surface area (Å²) in [6, 6.07) is 12.1. The second-order valence-corrected chi connectivity index (χ2v) is 8.40. The number of rotatable bonds is 10. The van der Waals surface area contributed by atoms with Crippen LogP contribution in [-0.2, 0) is 14.8 Å². The molecule has 3 aromatic rings. The number of carboxylic acid groups (broad SMARTS) is 1. The van der Waals surface area contributed by atoms with Gasteiger partial charge in [-0.3, -0.25) is 9.52 Å². The average Bonchev–Trinajstić information content (AvgIpc) is 2.73. The molecule has 0 aliphatic carbocycles. The third-order valence-corrected chi connectivity index (χ3v) is 5.57. The lowest BCUT2D eigenvalue weighted by atomic mass is 10.2. The van der Waals surface area contributed by atoms with E-state index in [1.54, 1.807) is 42.5 Å². The van der Waals surface area contributed by atoms with Crippen molar-refractivity contribution in [1.82, 2.24) is 9.97 Å². The van der Waals surface area contributed by atoms with Gasteiger partial charge in [-0.25, -0.2) is 18.4 Å². The summed E-state index contributed by atoms with van der Waals surface area (Å²) < 4.78 is 37.9. The standard InChI is InChI=1S/C20H22N4O6S/c1-29-14-10-13(11-15(12-14)30-2)21-19-20(23-17-7-4-3-6-16(17)22-19)24-31(27,28)9-5-8-18(25)26/h3-4,6-7,10-12H,5,8-9H2,1-2H3,(H,21,22)(H,23,24)(H,25,26). The quantitative estimate of drug-likeness (QED) is 0.429. The highest BCUT2D eigenvalue weighted by molar-refractivity contribution is 7.92. The number of aliphatic carboxylic acids is 1. The number of carbonyl (C=O) groups is 1. The zero-order valence-corrected chi connectivity index (χ0v) is 17.8. The third kappa shape index (κ3) is 5.95. The Morgan fingerprint density at radius 1 is 1.00 bits per heavy atom. The van der Waals surface area contributed by atoms with Gasteiger partial charge in [0.15, 0.2) is 11.6 Å². The predicted octanol–water partition coefficient (Wildman–Crippen LogP) is 3.00. The molecule has 0 saturated heterocycles. The molecule has 11 heteroatoms. The summed E-state index contributed by atoms with van der Waals surface area (Å²) in [5.74, 6) is -0.181. The molecule has 164 valence electrons. The van der Waals surface area contributed by atoms with Crippen molar-refractivity contribution in [3.63, 3.8) is 0 Å². The van der Waals surface area contributed by atoms with E-state index in [0.29, 0.717) is 28.2 Å². The third-order valence-electron chi connectivity index (χ3n) is 4.24. The molecular formula is C20H22N4O6S. The van der Waals surface area contributed by atoms with Gasteiger partial charge in [-0.15, -0.1) is 0 Å². The van der Waals surface area contributed by atoms with Gasteiger partial charge >= 0.3 is 5.97 Å². The summed E-state index contributed by atoms with van der Waals surface area (Å²) in [5, 5.41) is 11.8. The van der Waals surface area contributed by atoms with Crippen molar-refractivity contribution in [1.29, 1.82) is 0 Å². The van der Waals surface area contributed by atoms with Crippen LogP contribution in [0.4, 0.5) is 17.3 Å². The maximum atomic E-state index is 12.5. The molecule has 2 aromatic carbocycles. The Labute approximate surface area is 179 Å². The highest BCUT2D eigenvalue weighted by Crippen LogP contribution is 2.30. The number of hydrogen-bond acceptors (Lipinski definition) is 8. The van der Waals surface area contributed by atoms with E-state index in [9.17, 15) is 13.2 Å². The molecule has 31 heavy (non-hydrogen) atoms. The number of sulfonamides is 1. The van der Waals surface area contributed by atoms with E-state index in [1.165, 1.54) is 14.2 Å². The largest absolute Gasteiger partial charge is 0.497 e. The van der Waals surface area contributed by atoms with E-state index in [4.69, 9.17) is 14.6 Å². The summed E-state index contributed by atoms with van der Waals surface area (Å²) in [4.78, 5) is 19.6. The van der Waals surface area contributed by atoms with Gasteiger partial charge in [-0.05, 0) is 18.6 Å². The van der Waals surface area contributed by atoms with Crippen molar-refractivity contribution < 1.29 is 27.8 Å². The molecule has 0 saturated carbocycles. The van der Waals surface area contributed by atoms with Gasteiger partial charge in [0.25, 0.3) is 0 Å².